The third-order valence-corrected chi connectivity index (χ3v) is 2.95. The molecule has 0 saturated heterocycles. The van der Waals surface area contributed by atoms with E-state index in [4.69, 9.17) is 0 Å². The fourth-order valence-electron chi connectivity index (χ4n) is 0.946. The molecule has 0 atom stereocenters. The van der Waals surface area contributed by atoms with Crippen molar-refractivity contribution in [2.45, 2.75) is 40.0 Å². The van der Waals surface area contributed by atoms with Crippen molar-refractivity contribution >= 4 is 11.8 Å². The minimum absolute atomic E-state index is 1.02. The molecule has 0 amide bonds. The van der Waals surface area contributed by atoms with Crippen LogP contribution in [0.1, 0.15) is 40.0 Å². The van der Waals surface area contributed by atoms with Crippen molar-refractivity contribution in [2.75, 3.05) is 11.5 Å². The molecule has 0 unspecified atom stereocenters. The van der Waals surface area contributed by atoms with Gasteiger partial charge in [0, 0.05) is 0 Å². The summed E-state index contributed by atoms with van der Waals surface area (Å²) in [6, 6.07) is 0. The van der Waals surface area contributed by atoms with Crippen LogP contribution in [0.5, 0.6) is 0 Å². The van der Waals surface area contributed by atoms with Gasteiger partial charge in [0.05, 0.1) is 0 Å². The molecule has 0 saturated carbocycles. The van der Waals surface area contributed by atoms with E-state index in [2.05, 4.69) is 27.7 Å². The van der Waals surface area contributed by atoms with Crippen molar-refractivity contribution < 1.29 is 0 Å². The first-order chi connectivity index (χ1) is 5.68. The Morgan fingerprint density at radius 2 is 1.83 bits per heavy atom. The van der Waals surface area contributed by atoms with Gasteiger partial charge in [-0.05, 0) is 58.5 Å². The molecule has 0 nitrogen and oxygen atoms in total. The normalized spacial score (nSPS) is 10.0. The Balaban J connectivity index is 3.26. The van der Waals surface area contributed by atoms with Crippen LogP contribution in [-0.2, 0) is 0 Å². The molecule has 0 spiro atoms. The van der Waals surface area contributed by atoms with E-state index in [9.17, 15) is 0 Å². The highest BCUT2D eigenvalue weighted by molar-refractivity contribution is 7.99. The lowest BCUT2D eigenvalue weighted by molar-refractivity contribution is 0.787. The van der Waals surface area contributed by atoms with Gasteiger partial charge < -0.3 is 0 Å². The van der Waals surface area contributed by atoms with E-state index in [0.717, 1.165) is 5.75 Å². The number of unbranched alkanes of at least 4 members (excludes halogenated alkanes) is 1. The number of hydrogen-bond acceptors (Lipinski definition) is 1. The van der Waals surface area contributed by atoms with E-state index in [1.807, 2.05) is 11.8 Å². The highest BCUT2D eigenvalue weighted by Crippen LogP contribution is 2.12. The maximum absolute atomic E-state index is 3.80. The average Bonchev–Trinajstić information content (AvgIpc) is 2.03. The van der Waals surface area contributed by atoms with Crippen LogP contribution in [0.3, 0.4) is 0 Å². The molecule has 0 aliphatic heterocycles. The molecular weight excluding hydrogens is 164 g/mol. The van der Waals surface area contributed by atoms with E-state index in [1.165, 1.54) is 30.6 Å². The molecule has 0 bridgehead atoms. The summed E-state index contributed by atoms with van der Waals surface area (Å²) in [5, 5.41) is 0. The number of hydrogen-bond donors (Lipinski definition) is 0. The molecule has 0 rings (SSSR count). The van der Waals surface area contributed by atoms with Gasteiger partial charge in [0.2, 0.25) is 0 Å². The summed E-state index contributed by atoms with van der Waals surface area (Å²) >= 11 is 1.94. The van der Waals surface area contributed by atoms with E-state index in [1.54, 1.807) is 5.57 Å². The monoisotopic (exact) mass is 185 g/mol. The summed E-state index contributed by atoms with van der Waals surface area (Å²) < 4.78 is 0. The smallest absolute Gasteiger partial charge is 0.00672 e. The Kier molecular flexibility index (Phi) is 7.78. The molecule has 0 aliphatic carbocycles. The number of thioether (sulfide) groups is 1. The zero-order valence-corrected chi connectivity index (χ0v) is 9.47. The Bertz CT molecular complexity index is 132. The molecule has 0 aromatic heterocycles. The highest BCUT2D eigenvalue weighted by Gasteiger charge is 1.93. The topological polar surface area (TPSA) is 0 Å². The fraction of sp³-hybridized carbons (Fsp3) is 0.727. The first-order valence-electron chi connectivity index (χ1n) is 4.68. The fourth-order valence-corrected chi connectivity index (χ4v) is 1.56. The lowest BCUT2D eigenvalue weighted by Gasteiger charge is -2.03. The van der Waals surface area contributed by atoms with E-state index >= 15 is 0 Å². The van der Waals surface area contributed by atoms with Crippen molar-refractivity contribution in [3.63, 3.8) is 0 Å². The zero-order chi connectivity index (χ0) is 9.40. The summed E-state index contributed by atoms with van der Waals surface area (Å²) in [4.78, 5) is 0. The molecule has 0 aliphatic rings. The van der Waals surface area contributed by atoms with Gasteiger partial charge in [-0.3, -0.25) is 0 Å². The van der Waals surface area contributed by atoms with Gasteiger partial charge in [-0.25, -0.2) is 0 Å². The molecule has 0 fully saturated rings. The van der Waals surface area contributed by atoms with Crippen LogP contribution < -0.4 is 0 Å². The standard InChI is InChI=1S/C11H21S/c1-5-12-9-7-6-8-11(4)10(2)3/h1,5-9H2,2-4H3. The van der Waals surface area contributed by atoms with Crippen LogP contribution in [0.2, 0.25) is 0 Å². The molecule has 0 heterocycles. The summed E-state index contributed by atoms with van der Waals surface area (Å²) in [7, 11) is 0. The maximum Gasteiger partial charge on any atom is -0.00672 e. The lowest BCUT2D eigenvalue weighted by Crippen LogP contribution is -1.85. The van der Waals surface area contributed by atoms with Gasteiger partial charge in [-0.15, -0.1) is 0 Å². The van der Waals surface area contributed by atoms with Crippen LogP contribution in [-0.4, -0.2) is 11.5 Å². The van der Waals surface area contributed by atoms with Crippen molar-refractivity contribution in [1.82, 2.24) is 0 Å². The van der Waals surface area contributed by atoms with Crippen molar-refractivity contribution in [3.05, 3.63) is 18.1 Å². The molecular formula is C11H21S. The molecule has 12 heavy (non-hydrogen) atoms. The third-order valence-electron chi connectivity index (χ3n) is 2.09. The predicted molar refractivity (Wildman–Crippen MR) is 60.6 cm³/mol. The average molecular weight is 185 g/mol. The Hall–Kier alpha value is 0.0900. The number of allylic oxidation sites excluding steroid dienone is 2. The maximum atomic E-state index is 3.80. The second kappa shape index (κ2) is 7.72. The third kappa shape index (κ3) is 6.78. The largest absolute Gasteiger partial charge is 0.162 e. The second-order valence-corrected chi connectivity index (χ2v) is 4.57. The van der Waals surface area contributed by atoms with Crippen LogP contribution in [0.4, 0.5) is 0 Å². The highest BCUT2D eigenvalue weighted by atomic mass is 32.2. The summed E-state index contributed by atoms with van der Waals surface area (Å²) in [5.41, 5.74) is 3.05. The van der Waals surface area contributed by atoms with Crippen LogP contribution in [0.15, 0.2) is 11.1 Å². The minimum atomic E-state index is 1.02. The van der Waals surface area contributed by atoms with E-state index < -0.39 is 0 Å². The summed E-state index contributed by atoms with van der Waals surface area (Å²) in [5.74, 6) is 2.29. The first-order valence-corrected chi connectivity index (χ1v) is 5.84. The zero-order valence-electron chi connectivity index (χ0n) is 8.65. The van der Waals surface area contributed by atoms with Gasteiger partial charge >= 0.3 is 0 Å². The first kappa shape index (κ1) is 12.1. The Morgan fingerprint density at radius 1 is 1.17 bits per heavy atom. The molecule has 1 heteroatoms. The van der Waals surface area contributed by atoms with Crippen LogP contribution in [0.25, 0.3) is 0 Å². The minimum Gasteiger partial charge on any atom is -0.162 e. The summed E-state index contributed by atoms with van der Waals surface area (Å²) in [6.45, 7) is 10.4. The molecule has 0 aromatic rings. The molecule has 71 valence electrons. The van der Waals surface area contributed by atoms with Crippen LogP contribution >= 0.6 is 11.8 Å². The lowest BCUT2D eigenvalue weighted by atomic mass is 10.1. The van der Waals surface area contributed by atoms with Gasteiger partial charge in [-0.1, -0.05) is 11.1 Å². The van der Waals surface area contributed by atoms with Crippen molar-refractivity contribution in [3.8, 4) is 0 Å². The second-order valence-electron chi connectivity index (χ2n) is 3.35. The van der Waals surface area contributed by atoms with Gasteiger partial charge in [0.1, 0.15) is 0 Å². The molecule has 1 radical (unpaired) electrons. The van der Waals surface area contributed by atoms with E-state index in [-0.39, 0.29) is 0 Å². The SMILES string of the molecule is [CH2]CSCCCCC(C)=C(C)C. The van der Waals surface area contributed by atoms with E-state index in [0.29, 0.717) is 0 Å². The van der Waals surface area contributed by atoms with Crippen molar-refractivity contribution in [2.24, 2.45) is 0 Å². The predicted octanol–water partition coefficient (Wildman–Crippen LogP) is 4.08. The van der Waals surface area contributed by atoms with Crippen molar-refractivity contribution in [1.29, 1.82) is 0 Å². The van der Waals surface area contributed by atoms with Crippen LogP contribution in [0, 0.1) is 6.92 Å². The molecule has 0 aromatic carbocycles. The van der Waals surface area contributed by atoms with Gasteiger partial charge in [0.25, 0.3) is 0 Å². The Morgan fingerprint density at radius 3 is 2.33 bits per heavy atom. The Labute approximate surface area is 81.8 Å². The quantitative estimate of drug-likeness (QED) is 0.444. The molecule has 0 N–H and O–H groups in total. The van der Waals surface area contributed by atoms with Gasteiger partial charge in [0.15, 0.2) is 0 Å². The van der Waals surface area contributed by atoms with Gasteiger partial charge in [-0.2, -0.15) is 11.8 Å². The number of rotatable bonds is 6. The summed E-state index contributed by atoms with van der Waals surface area (Å²) in [6.07, 6.45) is 3.95.